The average molecular weight is 370 g/mol. The SMILES string of the molecule is COc1ccc2c(c1Cl)[n+]1c(N)c(C(N)=O)c3cc(C)c4ncn2n4c31. The molecule has 4 N–H and O–H groups in total. The number of benzene rings is 1. The van der Waals surface area contributed by atoms with Gasteiger partial charge in [0.15, 0.2) is 5.52 Å². The number of nitrogens with two attached hydrogens (primary N) is 2. The molecule has 5 rings (SSSR count). The molecule has 4 heterocycles. The summed E-state index contributed by atoms with van der Waals surface area (Å²) in [7, 11) is 1.54. The zero-order chi connectivity index (χ0) is 18.3. The Hall–Kier alpha value is -3.26. The molecule has 0 bridgehead atoms. The van der Waals surface area contributed by atoms with Crippen molar-refractivity contribution >= 4 is 51.0 Å². The molecule has 4 aromatic heterocycles. The molecule has 0 aliphatic rings. The van der Waals surface area contributed by atoms with Crippen molar-refractivity contribution in [3.63, 3.8) is 0 Å². The first-order valence-electron chi connectivity index (χ1n) is 7.85. The Kier molecular flexibility index (Phi) is 2.70. The van der Waals surface area contributed by atoms with Crippen molar-refractivity contribution in [1.82, 2.24) is 14.0 Å². The Morgan fingerprint density at radius 3 is 2.85 bits per heavy atom. The summed E-state index contributed by atoms with van der Waals surface area (Å²) in [6, 6.07) is 5.52. The van der Waals surface area contributed by atoms with Gasteiger partial charge < -0.3 is 16.2 Å². The van der Waals surface area contributed by atoms with E-state index < -0.39 is 5.91 Å². The monoisotopic (exact) mass is 369 g/mol. The number of methoxy groups -OCH3 is 1. The molecule has 0 aliphatic heterocycles. The number of carbonyl (C=O) groups is 1. The van der Waals surface area contributed by atoms with E-state index >= 15 is 0 Å². The number of fused-ring (bicyclic) bond motifs is 3. The maximum atomic E-state index is 12.1. The first kappa shape index (κ1) is 15.0. The lowest BCUT2D eigenvalue weighted by Gasteiger charge is -2.10. The minimum absolute atomic E-state index is 0.232. The van der Waals surface area contributed by atoms with Gasteiger partial charge in [-0.25, -0.2) is 4.98 Å². The number of pyridine rings is 1. The Labute approximate surface area is 151 Å². The average Bonchev–Trinajstić information content (AvgIpc) is 3.15. The van der Waals surface area contributed by atoms with Crippen LogP contribution in [0.4, 0.5) is 5.82 Å². The number of ether oxygens (including phenoxy) is 1. The lowest BCUT2D eigenvalue weighted by Crippen LogP contribution is -2.30. The quantitative estimate of drug-likeness (QED) is 0.364. The first-order valence-corrected chi connectivity index (χ1v) is 8.23. The summed E-state index contributed by atoms with van der Waals surface area (Å²) < 4.78 is 10.9. The molecule has 0 aliphatic carbocycles. The Morgan fingerprint density at radius 2 is 2.15 bits per heavy atom. The molecule has 8 nitrogen and oxygen atoms in total. The van der Waals surface area contributed by atoms with Gasteiger partial charge in [-0.3, -0.25) is 4.79 Å². The molecule has 130 valence electrons. The van der Waals surface area contributed by atoms with Gasteiger partial charge in [-0.15, -0.1) is 4.52 Å². The van der Waals surface area contributed by atoms with Gasteiger partial charge in [-0.05, 0) is 25.1 Å². The molecule has 5 aromatic rings. The number of aryl methyl sites for hydroxylation is 1. The number of hydrogen-bond acceptors (Lipinski definition) is 4. The van der Waals surface area contributed by atoms with Crippen LogP contribution in [0, 0.1) is 6.92 Å². The maximum Gasteiger partial charge on any atom is 0.266 e. The third-order valence-electron chi connectivity index (χ3n) is 4.83. The van der Waals surface area contributed by atoms with Crippen LogP contribution in [-0.4, -0.2) is 27.0 Å². The third-order valence-corrected chi connectivity index (χ3v) is 5.20. The lowest BCUT2D eigenvalue weighted by molar-refractivity contribution is -0.465. The Bertz CT molecular complexity index is 1380. The van der Waals surface area contributed by atoms with Crippen LogP contribution in [0.25, 0.3) is 27.7 Å². The van der Waals surface area contributed by atoms with Crippen molar-refractivity contribution in [1.29, 1.82) is 0 Å². The second-order valence-corrected chi connectivity index (χ2v) is 6.58. The van der Waals surface area contributed by atoms with Gasteiger partial charge in [-0.1, -0.05) is 11.6 Å². The summed E-state index contributed by atoms with van der Waals surface area (Å²) in [6.07, 6.45) is 1.71. The molecule has 0 atom stereocenters. The van der Waals surface area contributed by atoms with Crippen molar-refractivity contribution in [2.75, 3.05) is 12.8 Å². The molecule has 0 radical (unpaired) electrons. The van der Waals surface area contributed by atoms with Crippen molar-refractivity contribution < 1.29 is 13.9 Å². The molecule has 0 saturated heterocycles. The van der Waals surface area contributed by atoms with Crippen LogP contribution >= 0.6 is 11.6 Å². The van der Waals surface area contributed by atoms with E-state index in [-0.39, 0.29) is 11.4 Å². The molecular weight excluding hydrogens is 356 g/mol. The highest BCUT2D eigenvalue weighted by molar-refractivity contribution is 6.36. The van der Waals surface area contributed by atoms with Crippen LogP contribution < -0.4 is 20.6 Å². The van der Waals surface area contributed by atoms with Gasteiger partial charge in [0.2, 0.25) is 11.5 Å². The fraction of sp³-hybridized carbons (Fsp3) is 0.118. The molecule has 0 spiro atoms. The predicted molar refractivity (Wildman–Crippen MR) is 97.2 cm³/mol. The van der Waals surface area contributed by atoms with Crippen LogP contribution in [0.2, 0.25) is 5.02 Å². The van der Waals surface area contributed by atoms with Gasteiger partial charge >= 0.3 is 0 Å². The number of nitrogens with zero attached hydrogens (tertiary/aromatic N) is 4. The lowest BCUT2D eigenvalue weighted by atomic mass is 10.1. The molecule has 1 aromatic carbocycles. The highest BCUT2D eigenvalue weighted by atomic mass is 35.5. The van der Waals surface area contributed by atoms with Gasteiger partial charge in [0, 0.05) is 5.56 Å². The van der Waals surface area contributed by atoms with E-state index in [1.807, 2.05) is 28.1 Å². The molecule has 0 fully saturated rings. The smallest absolute Gasteiger partial charge is 0.266 e. The summed E-state index contributed by atoms with van der Waals surface area (Å²) in [5.41, 5.74) is 16.0. The van der Waals surface area contributed by atoms with E-state index in [0.717, 1.165) is 16.7 Å². The van der Waals surface area contributed by atoms with Crippen LogP contribution in [0.5, 0.6) is 5.75 Å². The summed E-state index contributed by atoms with van der Waals surface area (Å²) >= 11 is 6.61. The zero-order valence-corrected chi connectivity index (χ0v) is 14.7. The molecule has 26 heavy (non-hydrogen) atoms. The highest BCUT2D eigenvalue weighted by Crippen LogP contribution is 2.34. The zero-order valence-electron chi connectivity index (χ0n) is 13.9. The van der Waals surface area contributed by atoms with E-state index in [0.29, 0.717) is 27.3 Å². The summed E-state index contributed by atoms with van der Waals surface area (Å²) in [6.45, 7) is 1.92. The summed E-state index contributed by atoms with van der Waals surface area (Å²) in [5.74, 6) is 0.138. The largest absolute Gasteiger partial charge is 0.495 e. The first-order chi connectivity index (χ1) is 12.5. The predicted octanol–water partition coefficient (Wildman–Crippen LogP) is 1.57. The van der Waals surface area contributed by atoms with Crippen molar-refractivity contribution in [2.24, 2.45) is 5.73 Å². The van der Waals surface area contributed by atoms with E-state index in [1.165, 1.54) is 0 Å². The number of aromatic nitrogens is 4. The van der Waals surface area contributed by atoms with Crippen LogP contribution in [0.1, 0.15) is 15.9 Å². The van der Waals surface area contributed by atoms with E-state index in [9.17, 15) is 4.79 Å². The normalized spacial score (nSPS) is 12.1. The molecular formula is C17H14ClN6O2+. The number of hydrogen-bond donors (Lipinski definition) is 2. The number of primary amides is 1. The fourth-order valence-corrected chi connectivity index (χ4v) is 4.08. The van der Waals surface area contributed by atoms with Gasteiger partial charge in [0.1, 0.15) is 28.2 Å². The third kappa shape index (κ3) is 1.53. The minimum Gasteiger partial charge on any atom is -0.495 e. The topological polar surface area (TPSA) is 104 Å². The van der Waals surface area contributed by atoms with Crippen molar-refractivity contribution in [2.45, 2.75) is 6.92 Å². The van der Waals surface area contributed by atoms with Gasteiger partial charge in [-0.2, -0.15) is 8.92 Å². The number of carbonyl (C=O) groups excluding carboxylic acids is 1. The highest BCUT2D eigenvalue weighted by Gasteiger charge is 2.31. The second-order valence-electron chi connectivity index (χ2n) is 6.20. The number of amides is 1. The summed E-state index contributed by atoms with van der Waals surface area (Å²) in [4.78, 5) is 16.6. The van der Waals surface area contributed by atoms with Crippen molar-refractivity contribution in [3.05, 3.63) is 40.7 Å². The minimum atomic E-state index is -0.598. The Balaban J connectivity index is 2.24. The maximum absolute atomic E-state index is 12.1. The van der Waals surface area contributed by atoms with Gasteiger partial charge in [0.05, 0.1) is 12.5 Å². The molecule has 1 amide bonds. The molecule has 9 heteroatoms. The second kappa shape index (κ2) is 4.67. The fourth-order valence-electron chi connectivity index (χ4n) is 3.76. The van der Waals surface area contributed by atoms with E-state index in [4.69, 9.17) is 27.8 Å². The standard InChI is InChI=1S/C17H13ClN6O2/c1-7-5-8-11(15(20)25)14(19)23-13-9(3-4-10(26-2)12(13)18)22-6-21-16(7)24(22)17(8)23/h3-6H,1-2H3,(H3-,19,20,25)/p+1. The number of halogens is 1. The number of anilines is 1. The van der Waals surface area contributed by atoms with Crippen LogP contribution in [-0.2, 0) is 0 Å². The number of rotatable bonds is 2. The van der Waals surface area contributed by atoms with E-state index in [2.05, 4.69) is 4.98 Å². The Morgan fingerprint density at radius 1 is 1.38 bits per heavy atom. The van der Waals surface area contributed by atoms with Crippen LogP contribution in [0.15, 0.2) is 24.5 Å². The van der Waals surface area contributed by atoms with Crippen molar-refractivity contribution in [3.8, 4) is 5.75 Å². The van der Waals surface area contributed by atoms with Crippen LogP contribution in [0.3, 0.4) is 0 Å². The number of nitrogen functional groups attached to an aromatic ring is 1. The van der Waals surface area contributed by atoms with E-state index in [1.54, 1.807) is 23.9 Å². The molecule has 0 unspecified atom stereocenters. The van der Waals surface area contributed by atoms with Gasteiger partial charge in [0.25, 0.3) is 11.6 Å². The molecule has 0 saturated carbocycles. The summed E-state index contributed by atoms with van der Waals surface area (Å²) in [5, 5.41) is 1.04.